The molecule has 1 atom stereocenters. The summed E-state index contributed by atoms with van der Waals surface area (Å²) in [6, 6.07) is 33.8. The maximum absolute atomic E-state index is 2.29. The van der Waals surface area contributed by atoms with Crippen molar-refractivity contribution in [1.82, 2.24) is 0 Å². The summed E-state index contributed by atoms with van der Waals surface area (Å²) in [5.41, 5.74) is 4.42. The van der Waals surface area contributed by atoms with Crippen LogP contribution in [0.15, 0.2) is 91.0 Å². The fourth-order valence-electron chi connectivity index (χ4n) is 4.89. The topological polar surface area (TPSA) is 8.88 Å². The third kappa shape index (κ3) is 6.29. The monoisotopic (exact) mass is 400 g/mol. The number of piperidine rings is 1. The van der Waals surface area contributed by atoms with E-state index in [-0.39, 0.29) is 0 Å². The van der Waals surface area contributed by atoms with E-state index in [9.17, 15) is 0 Å². The van der Waals surface area contributed by atoms with E-state index in [4.69, 9.17) is 0 Å². The fraction of sp³-hybridized carbons (Fsp3) is 0.357. The Balaban J connectivity index is 1.32. The van der Waals surface area contributed by atoms with Gasteiger partial charge in [-0.05, 0) is 11.1 Å². The van der Waals surface area contributed by atoms with Crippen LogP contribution in [0.2, 0.25) is 0 Å². The first-order valence-corrected chi connectivity index (χ1v) is 11.7. The van der Waals surface area contributed by atoms with Gasteiger partial charge in [0.2, 0.25) is 0 Å². The molecule has 1 unspecified atom stereocenters. The molecule has 2 nitrogen and oxygen atoms in total. The van der Waals surface area contributed by atoms with E-state index in [1.165, 1.54) is 68.6 Å². The summed E-state index contributed by atoms with van der Waals surface area (Å²) < 4.78 is 0. The summed E-state index contributed by atoms with van der Waals surface area (Å²) in [4.78, 5) is 3.56. The quantitative estimate of drug-likeness (QED) is 0.546. The summed E-state index contributed by atoms with van der Waals surface area (Å²) in [5, 5.41) is 0. The third-order valence-corrected chi connectivity index (χ3v) is 6.73. The van der Waals surface area contributed by atoms with Crippen LogP contribution < -0.4 is 9.80 Å². The molecule has 156 valence electrons. The van der Waals surface area contributed by atoms with Crippen LogP contribution in [-0.4, -0.2) is 32.2 Å². The van der Waals surface area contributed by atoms with Gasteiger partial charge in [-0.3, -0.25) is 0 Å². The molecule has 0 saturated carbocycles. The Bertz CT molecular complexity index is 840. The van der Waals surface area contributed by atoms with Crippen LogP contribution in [0.25, 0.3) is 0 Å². The first kappa shape index (κ1) is 20.8. The van der Waals surface area contributed by atoms with Crippen LogP contribution in [0.3, 0.4) is 0 Å². The predicted molar refractivity (Wildman–Crippen MR) is 125 cm³/mol. The maximum Gasteiger partial charge on any atom is 0.103 e. The van der Waals surface area contributed by atoms with Gasteiger partial charge in [0, 0.05) is 31.2 Å². The van der Waals surface area contributed by atoms with E-state index in [1.54, 1.807) is 9.80 Å². The SMILES string of the molecule is c1ccc(CC[NH+]2CCC([NH+](CCc3ccccc3)Cc3ccccc3)CC2)cc1. The lowest BCUT2D eigenvalue weighted by Gasteiger charge is -2.34. The normalized spacial score (nSPS) is 20.0. The van der Waals surface area contributed by atoms with E-state index >= 15 is 0 Å². The predicted octanol–water partition coefficient (Wildman–Crippen LogP) is 2.60. The van der Waals surface area contributed by atoms with Crippen LogP contribution in [0.4, 0.5) is 0 Å². The van der Waals surface area contributed by atoms with Crippen LogP contribution in [0.5, 0.6) is 0 Å². The Morgan fingerprint density at radius 1 is 0.633 bits per heavy atom. The van der Waals surface area contributed by atoms with Gasteiger partial charge in [0.1, 0.15) is 6.54 Å². The largest absolute Gasteiger partial charge is 0.334 e. The molecular weight excluding hydrogens is 364 g/mol. The number of nitrogens with one attached hydrogen (secondary N) is 2. The summed E-state index contributed by atoms with van der Waals surface area (Å²) in [7, 11) is 0. The van der Waals surface area contributed by atoms with Gasteiger partial charge in [-0.1, -0.05) is 91.0 Å². The van der Waals surface area contributed by atoms with Crippen molar-refractivity contribution >= 4 is 0 Å². The minimum Gasteiger partial charge on any atom is -0.334 e. The average molecular weight is 401 g/mol. The van der Waals surface area contributed by atoms with Crippen molar-refractivity contribution in [3.8, 4) is 0 Å². The molecule has 0 spiro atoms. The molecule has 1 saturated heterocycles. The number of rotatable bonds is 9. The van der Waals surface area contributed by atoms with E-state index in [1.807, 2.05) is 0 Å². The Morgan fingerprint density at radius 2 is 1.13 bits per heavy atom. The minimum atomic E-state index is 0.786. The van der Waals surface area contributed by atoms with Gasteiger partial charge < -0.3 is 9.80 Å². The van der Waals surface area contributed by atoms with E-state index in [0.29, 0.717) is 0 Å². The summed E-state index contributed by atoms with van der Waals surface area (Å²) in [5.74, 6) is 0. The Kier molecular flexibility index (Phi) is 7.71. The molecule has 0 bridgehead atoms. The standard InChI is InChI=1S/C28H34N2/c1-4-10-25(11-5-1)16-20-29-21-18-28(19-22-29)30(24-27-14-8-3-9-15-27)23-17-26-12-6-2-7-13-26/h1-15,28H,16-24H2/p+2. The Labute approximate surface area is 182 Å². The molecule has 1 heterocycles. The molecule has 0 amide bonds. The number of hydrogen-bond donors (Lipinski definition) is 2. The van der Waals surface area contributed by atoms with Crippen molar-refractivity contribution in [3.63, 3.8) is 0 Å². The molecule has 0 aliphatic carbocycles. The summed E-state index contributed by atoms with van der Waals surface area (Å²) in [6.07, 6.45) is 5.07. The molecule has 3 aromatic rings. The highest BCUT2D eigenvalue weighted by atomic mass is 15.2. The lowest BCUT2D eigenvalue weighted by molar-refractivity contribution is -0.966. The Hall–Kier alpha value is -2.42. The molecule has 4 rings (SSSR count). The zero-order valence-corrected chi connectivity index (χ0v) is 18.1. The van der Waals surface area contributed by atoms with Crippen molar-refractivity contribution in [1.29, 1.82) is 0 Å². The van der Waals surface area contributed by atoms with Crippen LogP contribution in [0, 0.1) is 0 Å². The van der Waals surface area contributed by atoms with Crippen molar-refractivity contribution in [2.45, 2.75) is 38.3 Å². The summed E-state index contributed by atoms with van der Waals surface area (Å²) in [6.45, 7) is 6.29. The first-order valence-electron chi connectivity index (χ1n) is 11.7. The molecule has 3 aromatic carbocycles. The summed E-state index contributed by atoms with van der Waals surface area (Å²) >= 11 is 0. The first-order chi connectivity index (χ1) is 14.9. The molecule has 1 aliphatic rings. The van der Waals surface area contributed by atoms with Crippen LogP contribution in [0.1, 0.15) is 29.5 Å². The number of hydrogen-bond acceptors (Lipinski definition) is 0. The van der Waals surface area contributed by atoms with Gasteiger partial charge in [0.15, 0.2) is 0 Å². The van der Waals surface area contributed by atoms with E-state index in [2.05, 4.69) is 91.0 Å². The van der Waals surface area contributed by atoms with Crippen molar-refractivity contribution in [3.05, 3.63) is 108 Å². The van der Waals surface area contributed by atoms with Gasteiger partial charge in [0.05, 0.1) is 32.2 Å². The van der Waals surface area contributed by atoms with Crippen LogP contribution >= 0.6 is 0 Å². The highest BCUT2D eigenvalue weighted by Crippen LogP contribution is 2.03. The second-order valence-corrected chi connectivity index (χ2v) is 8.82. The molecule has 2 N–H and O–H groups in total. The van der Waals surface area contributed by atoms with Gasteiger partial charge in [0.25, 0.3) is 0 Å². The lowest BCUT2D eigenvalue weighted by Crippen LogP contribution is -3.20. The van der Waals surface area contributed by atoms with Gasteiger partial charge in [-0.15, -0.1) is 0 Å². The molecule has 30 heavy (non-hydrogen) atoms. The molecule has 0 radical (unpaired) electrons. The molecule has 1 aliphatic heterocycles. The molecule has 0 aromatic heterocycles. The van der Waals surface area contributed by atoms with Crippen LogP contribution in [-0.2, 0) is 19.4 Å². The zero-order chi connectivity index (χ0) is 20.4. The van der Waals surface area contributed by atoms with Gasteiger partial charge in [-0.2, -0.15) is 0 Å². The maximum atomic E-state index is 2.29. The second kappa shape index (κ2) is 11.1. The van der Waals surface area contributed by atoms with Gasteiger partial charge >= 0.3 is 0 Å². The Morgan fingerprint density at radius 3 is 1.70 bits per heavy atom. The highest BCUT2D eigenvalue weighted by molar-refractivity contribution is 5.16. The minimum absolute atomic E-state index is 0.786. The molecular formula is C28H36N2+2. The van der Waals surface area contributed by atoms with Gasteiger partial charge in [-0.25, -0.2) is 0 Å². The smallest absolute Gasteiger partial charge is 0.103 e. The molecule has 1 fully saturated rings. The third-order valence-electron chi connectivity index (χ3n) is 6.73. The zero-order valence-electron chi connectivity index (χ0n) is 18.1. The second-order valence-electron chi connectivity index (χ2n) is 8.82. The number of likely N-dealkylation sites (tertiary alicyclic amines) is 1. The highest BCUT2D eigenvalue weighted by Gasteiger charge is 2.29. The fourth-order valence-corrected chi connectivity index (χ4v) is 4.89. The number of benzene rings is 3. The van der Waals surface area contributed by atoms with Crippen molar-refractivity contribution in [2.24, 2.45) is 0 Å². The van der Waals surface area contributed by atoms with E-state index < -0.39 is 0 Å². The number of quaternary nitrogens is 2. The van der Waals surface area contributed by atoms with Crippen molar-refractivity contribution in [2.75, 3.05) is 26.2 Å². The molecule has 2 heteroatoms. The lowest BCUT2D eigenvalue weighted by atomic mass is 10.0. The van der Waals surface area contributed by atoms with Crippen molar-refractivity contribution < 1.29 is 9.80 Å². The average Bonchev–Trinajstić information content (AvgIpc) is 2.83. The van der Waals surface area contributed by atoms with E-state index in [0.717, 1.165) is 12.6 Å².